The molecule has 4 nitrogen and oxygen atoms in total. The second kappa shape index (κ2) is 7.49. The van der Waals surface area contributed by atoms with Crippen molar-refractivity contribution in [2.75, 3.05) is 7.11 Å². The fraction of sp³-hybridized carbons (Fsp3) is 0.250. The van der Waals surface area contributed by atoms with Crippen LogP contribution in [-0.2, 0) is 17.8 Å². The Balaban J connectivity index is 1.84. The van der Waals surface area contributed by atoms with E-state index in [1.807, 2.05) is 6.07 Å². The zero-order chi connectivity index (χ0) is 15.9. The minimum Gasteiger partial charge on any atom is -0.481 e. The van der Waals surface area contributed by atoms with Crippen LogP contribution in [0, 0.1) is 11.6 Å². The summed E-state index contributed by atoms with van der Waals surface area (Å²) in [6.45, 7) is 0.299. The summed E-state index contributed by atoms with van der Waals surface area (Å²) in [6.07, 6.45) is 2.13. The molecule has 0 saturated heterocycles. The number of rotatable bonds is 6. The molecule has 0 unspecified atom stereocenters. The molecule has 0 bridgehead atoms. The summed E-state index contributed by atoms with van der Waals surface area (Å²) in [6, 6.07) is 7.19. The summed E-state index contributed by atoms with van der Waals surface area (Å²) >= 11 is 0. The number of methoxy groups -OCH3 is 1. The third kappa shape index (κ3) is 4.25. The van der Waals surface area contributed by atoms with Crippen molar-refractivity contribution in [3.8, 4) is 5.88 Å². The SMILES string of the molecule is COc1ncccc1CNC(=O)CCc1ccc(F)c(F)c1. The number of pyridine rings is 1. The number of aromatic nitrogens is 1. The third-order valence-electron chi connectivity index (χ3n) is 3.14. The molecule has 1 aromatic carbocycles. The van der Waals surface area contributed by atoms with Gasteiger partial charge in [0.15, 0.2) is 11.6 Å². The van der Waals surface area contributed by atoms with Crippen molar-refractivity contribution in [2.24, 2.45) is 0 Å². The smallest absolute Gasteiger partial charge is 0.220 e. The second-order valence-corrected chi connectivity index (χ2v) is 4.70. The molecule has 1 aromatic heterocycles. The maximum absolute atomic E-state index is 13.1. The topological polar surface area (TPSA) is 51.2 Å². The van der Waals surface area contributed by atoms with Gasteiger partial charge in [-0.25, -0.2) is 13.8 Å². The largest absolute Gasteiger partial charge is 0.481 e. The van der Waals surface area contributed by atoms with Crippen molar-refractivity contribution in [3.63, 3.8) is 0 Å². The number of ether oxygens (including phenoxy) is 1. The molecule has 0 saturated carbocycles. The number of hydrogen-bond donors (Lipinski definition) is 1. The number of nitrogens with zero attached hydrogens (tertiary/aromatic N) is 1. The molecular weight excluding hydrogens is 290 g/mol. The molecule has 0 fully saturated rings. The van der Waals surface area contributed by atoms with Crippen LogP contribution in [0.15, 0.2) is 36.5 Å². The molecule has 2 aromatic rings. The summed E-state index contributed by atoms with van der Waals surface area (Å²) in [4.78, 5) is 15.8. The molecule has 2 rings (SSSR count). The molecule has 6 heteroatoms. The third-order valence-corrected chi connectivity index (χ3v) is 3.14. The molecule has 0 aliphatic heterocycles. The first-order chi connectivity index (χ1) is 10.6. The van der Waals surface area contributed by atoms with Crippen LogP contribution >= 0.6 is 0 Å². The first-order valence-electron chi connectivity index (χ1n) is 6.78. The Labute approximate surface area is 127 Å². The molecular formula is C16H16F2N2O2. The molecule has 1 heterocycles. The van der Waals surface area contributed by atoms with Gasteiger partial charge >= 0.3 is 0 Å². The minimum atomic E-state index is -0.905. The number of amides is 1. The van der Waals surface area contributed by atoms with E-state index in [9.17, 15) is 13.6 Å². The molecule has 0 aliphatic rings. The minimum absolute atomic E-state index is 0.185. The van der Waals surface area contributed by atoms with Crippen molar-refractivity contribution >= 4 is 5.91 Å². The Bertz CT molecular complexity index is 662. The zero-order valence-corrected chi connectivity index (χ0v) is 12.1. The fourth-order valence-electron chi connectivity index (χ4n) is 1.98. The summed E-state index contributed by atoms with van der Waals surface area (Å²) in [7, 11) is 1.51. The van der Waals surface area contributed by atoms with Crippen LogP contribution in [0.4, 0.5) is 8.78 Å². The first-order valence-corrected chi connectivity index (χ1v) is 6.78. The highest BCUT2D eigenvalue weighted by Crippen LogP contribution is 2.13. The molecule has 0 atom stereocenters. The average molecular weight is 306 g/mol. The van der Waals surface area contributed by atoms with E-state index < -0.39 is 11.6 Å². The van der Waals surface area contributed by atoms with Crippen LogP contribution in [0.1, 0.15) is 17.5 Å². The van der Waals surface area contributed by atoms with Gasteiger partial charge < -0.3 is 10.1 Å². The van der Waals surface area contributed by atoms with Crippen molar-refractivity contribution in [1.29, 1.82) is 0 Å². The fourth-order valence-corrected chi connectivity index (χ4v) is 1.98. The van der Waals surface area contributed by atoms with E-state index in [4.69, 9.17) is 4.74 Å². The molecule has 116 valence electrons. The molecule has 0 spiro atoms. The van der Waals surface area contributed by atoms with E-state index in [1.54, 1.807) is 12.3 Å². The van der Waals surface area contributed by atoms with Crippen LogP contribution in [0.2, 0.25) is 0 Å². The van der Waals surface area contributed by atoms with Gasteiger partial charge in [-0.1, -0.05) is 12.1 Å². The van der Waals surface area contributed by atoms with Crippen LogP contribution in [-0.4, -0.2) is 18.0 Å². The van der Waals surface area contributed by atoms with Crippen molar-refractivity contribution < 1.29 is 18.3 Å². The predicted molar refractivity (Wildman–Crippen MR) is 77.3 cm³/mol. The van der Waals surface area contributed by atoms with Gasteiger partial charge in [0.2, 0.25) is 11.8 Å². The summed E-state index contributed by atoms with van der Waals surface area (Å²) < 4.78 is 31.0. The van der Waals surface area contributed by atoms with Crippen LogP contribution in [0.25, 0.3) is 0 Å². The van der Waals surface area contributed by atoms with Crippen molar-refractivity contribution in [3.05, 3.63) is 59.3 Å². The van der Waals surface area contributed by atoms with Gasteiger partial charge in [0.25, 0.3) is 0 Å². The van der Waals surface area contributed by atoms with Crippen LogP contribution in [0.5, 0.6) is 5.88 Å². The quantitative estimate of drug-likeness (QED) is 0.892. The van der Waals surface area contributed by atoms with Crippen LogP contribution < -0.4 is 10.1 Å². The highest BCUT2D eigenvalue weighted by molar-refractivity contribution is 5.76. The van der Waals surface area contributed by atoms with Crippen molar-refractivity contribution in [2.45, 2.75) is 19.4 Å². The van der Waals surface area contributed by atoms with Gasteiger partial charge in [0.1, 0.15) is 0 Å². The number of aryl methyl sites for hydroxylation is 1. The van der Waals surface area contributed by atoms with E-state index in [0.717, 1.165) is 17.7 Å². The summed E-state index contributed by atoms with van der Waals surface area (Å²) in [5.74, 6) is -1.52. The average Bonchev–Trinajstić information content (AvgIpc) is 2.54. The Hall–Kier alpha value is -2.50. The lowest BCUT2D eigenvalue weighted by Crippen LogP contribution is -2.23. The Morgan fingerprint density at radius 2 is 2.09 bits per heavy atom. The van der Waals surface area contributed by atoms with Gasteiger partial charge in [-0.05, 0) is 30.2 Å². The lowest BCUT2D eigenvalue weighted by molar-refractivity contribution is -0.121. The maximum atomic E-state index is 13.1. The van der Waals surface area contributed by atoms with E-state index in [-0.39, 0.29) is 12.3 Å². The Morgan fingerprint density at radius 3 is 2.82 bits per heavy atom. The lowest BCUT2D eigenvalue weighted by Gasteiger charge is -2.08. The van der Waals surface area contributed by atoms with Gasteiger partial charge in [-0.3, -0.25) is 4.79 Å². The number of halogens is 2. The summed E-state index contributed by atoms with van der Waals surface area (Å²) in [5.41, 5.74) is 1.35. The maximum Gasteiger partial charge on any atom is 0.220 e. The number of hydrogen-bond acceptors (Lipinski definition) is 3. The number of nitrogens with one attached hydrogen (secondary N) is 1. The normalized spacial score (nSPS) is 10.3. The molecule has 1 N–H and O–H groups in total. The predicted octanol–water partition coefficient (Wildman–Crippen LogP) is 2.62. The van der Waals surface area contributed by atoms with Gasteiger partial charge in [-0.15, -0.1) is 0 Å². The molecule has 0 aliphatic carbocycles. The Morgan fingerprint density at radius 1 is 1.27 bits per heavy atom. The van der Waals surface area contributed by atoms with Crippen LogP contribution in [0.3, 0.4) is 0 Å². The highest BCUT2D eigenvalue weighted by atomic mass is 19.2. The number of carbonyl (C=O) groups excluding carboxylic acids is 1. The van der Waals surface area contributed by atoms with E-state index in [2.05, 4.69) is 10.3 Å². The lowest BCUT2D eigenvalue weighted by atomic mass is 10.1. The summed E-state index contributed by atoms with van der Waals surface area (Å²) in [5, 5.41) is 2.74. The standard InChI is InChI=1S/C16H16F2N2O2/c1-22-16-12(3-2-8-19-16)10-20-15(21)7-5-11-4-6-13(17)14(18)9-11/h2-4,6,8-9H,5,7,10H2,1H3,(H,20,21). The monoisotopic (exact) mass is 306 g/mol. The molecule has 0 radical (unpaired) electrons. The van der Waals surface area contributed by atoms with Gasteiger partial charge in [0.05, 0.1) is 7.11 Å². The highest BCUT2D eigenvalue weighted by Gasteiger charge is 2.08. The number of carbonyl (C=O) groups is 1. The zero-order valence-electron chi connectivity index (χ0n) is 12.1. The Kier molecular flexibility index (Phi) is 5.41. The van der Waals surface area contributed by atoms with E-state index in [1.165, 1.54) is 13.2 Å². The van der Waals surface area contributed by atoms with Gasteiger partial charge in [0, 0.05) is 24.7 Å². The van der Waals surface area contributed by atoms with E-state index >= 15 is 0 Å². The molecule has 22 heavy (non-hydrogen) atoms. The van der Waals surface area contributed by atoms with E-state index in [0.29, 0.717) is 24.4 Å². The van der Waals surface area contributed by atoms with Gasteiger partial charge in [-0.2, -0.15) is 0 Å². The van der Waals surface area contributed by atoms with Crippen molar-refractivity contribution in [1.82, 2.24) is 10.3 Å². The second-order valence-electron chi connectivity index (χ2n) is 4.70. The molecule has 1 amide bonds. The first kappa shape index (κ1) is 15.9. The number of benzene rings is 1.